The number of aliphatic hydroxyl groups excluding tert-OH is 1. The van der Waals surface area contributed by atoms with Crippen molar-refractivity contribution in [2.75, 3.05) is 30.3 Å². The molecule has 19 heavy (non-hydrogen) atoms. The van der Waals surface area contributed by atoms with E-state index in [2.05, 4.69) is 20.6 Å². The molecular formula is C13H21FN4O. The molecule has 6 heteroatoms. The van der Waals surface area contributed by atoms with Gasteiger partial charge in [-0.3, -0.25) is 0 Å². The molecule has 0 amide bonds. The van der Waals surface area contributed by atoms with Gasteiger partial charge in [0.25, 0.3) is 0 Å². The second kappa shape index (κ2) is 6.14. The fourth-order valence-electron chi connectivity index (χ4n) is 2.01. The average Bonchev–Trinajstić information content (AvgIpc) is 3.17. The minimum Gasteiger partial charge on any atom is -0.396 e. The summed E-state index contributed by atoms with van der Waals surface area (Å²) in [6.45, 7) is 3.63. The molecule has 0 atom stereocenters. The highest BCUT2D eigenvalue weighted by Crippen LogP contribution is 2.48. The summed E-state index contributed by atoms with van der Waals surface area (Å²) in [5.41, 5.74) is 0.128. The van der Waals surface area contributed by atoms with Crippen LogP contribution in [0.2, 0.25) is 0 Å². The normalized spacial score (nSPS) is 16.2. The Morgan fingerprint density at radius 2 is 2.21 bits per heavy atom. The fraction of sp³-hybridized carbons (Fsp3) is 0.692. The number of nitrogens with zero attached hydrogens (tertiary/aromatic N) is 2. The van der Waals surface area contributed by atoms with Gasteiger partial charge in [0, 0.05) is 19.7 Å². The first-order chi connectivity index (χ1) is 9.19. The number of halogens is 1. The first kappa shape index (κ1) is 14.0. The third-order valence-corrected chi connectivity index (χ3v) is 3.51. The van der Waals surface area contributed by atoms with Crippen LogP contribution >= 0.6 is 0 Å². The molecule has 1 heterocycles. The summed E-state index contributed by atoms with van der Waals surface area (Å²) in [6, 6.07) is 0. The second-order valence-electron chi connectivity index (χ2n) is 5.14. The molecule has 0 spiro atoms. The smallest absolute Gasteiger partial charge is 0.224 e. The maximum Gasteiger partial charge on any atom is 0.224 e. The van der Waals surface area contributed by atoms with Crippen LogP contribution in [-0.2, 0) is 0 Å². The Morgan fingerprint density at radius 1 is 1.42 bits per heavy atom. The van der Waals surface area contributed by atoms with Gasteiger partial charge in [-0.05, 0) is 31.1 Å². The van der Waals surface area contributed by atoms with Crippen molar-refractivity contribution in [2.24, 2.45) is 5.41 Å². The third kappa shape index (κ3) is 3.76. The Labute approximate surface area is 112 Å². The van der Waals surface area contributed by atoms with Crippen molar-refractivity contribution in [1.82, 2.24) is 9.97 Å². The van der Waals surface area contributed by atoms with E-state index < -0.39 is 5.82 Å². The van der Waals surface area contributed by atoms with E-state index in [1.807, 2.05) is 6.92 Å². The third-order valence-electron chi connectivity index (χ3n) is 3.51. The molecule has 2 rings (SSSR count). The predicted molar refractivity (Wildman–Crippen MR) is 72.6 cm³/mol. The van der Waals surface area contributed by atoms with Crippen LogP contribution in [0.3, 0.4) is 0 Å². The molecule has 0 aromatic carbocycles. The zero-order valence-corrected chi connectivity index (χ0v) is 11.2. The highest BCUT2D eigenvalue weighted by atomic mass is 19.1. The van der Waals surface area contributed by atoms with E-state index in [0.29, 0.717) is 12.5 Å². The molecule has 5 nitrogen and oxygen atoms in total. The molecule has 1 fully saturated rings. The van der Waals surface area contributed by atoms with Crippen LogP contribution < -0.4 is 10.6 Å². The molecule has 106 valence electrons. The lowest BCUT2D eigenvalue weighted by Gasteiger charge is -2.15. The van der Waals surface area contributed by atoms with E-state index in [4.69, 9.17) is 5.11 Å². The van der Waals surface area contributed by atoms with Gasteiger partial charge in [-0.2, -0.15) is 4.98 Å². The van der Waals surface area contributed by atoms with E-state index in [9.17, 15) is 4.39 Å². The number of aliphatic hydroxyl groups is 1. The number of hydrogen-bond acceptors (Lipinski definition) is 5. The van der Waals surface area contributed by atoms with Crippen LogP contribution in [-0.4, -0.2) is 34.8 Å². The Balaban J connectivity index is 1.95. The van der Waals surface area contributed by atoms with Crippen LogP contribution in [0, 0.1) is 11.2 Å². The number of hydrogen-bond donors (Lipinski definition) is 3. The number of anilines is 2. The molecule has 1 aliphatic rings. The SMILES string of the molecule is CCCNc1ncc(F)c(NCC2(CCO)CC2)n1. The fourth-order valence-corrected chi connectivity index (χ4v) is 2.01. The highest BCUT2D eigenvalue weighted by Gasteiger charge is 2.41. The highest BCUT2D eigenvalue weighted by molar-refractivity contribution is 5.41. The number of rotatable bonds is 8. The molecule has 0 radical (unpaired) electrons. The zero-order valence-electron chi connectivity index (χ0n) is 11.2. The Kier molecular flexibility index (Phi) is 4.52. The molecule has 1 saturated carbocycles. The van der Waals surface area contributed by atoms with Gasteiger partial charge in [-0.15, -0.1) is 0 Å². The molecule has 0 unspecified atom stereocenters. The largest absolute Gasteiger partial charge is 0.396 e. The maximum absolute atomic E-state index is 13.6. The van der Waals surface area contributed by atoms with E-state index in [0.717, 1.165) is 32.2 Å². The lowest BCUT2D eigenvalue weighted by molar-refractivity contribution is 0.253. The Hall–Kier alpha value is -1.43. The summed E-state index contributed by atoms with van der Waals surface area (Å²) < 4.78 is 13.6. The summed E-state index contributed by atoms with van der Waals surface area (Å²) in [7, 11) is 0. The van der Waals surface area contributed by atoms with Gasteiger partial charge < -0.3 is 15.7 Å². The molecule has 0 aliphatic heterocycles. The summed E-state index contributed by atoms with van der Waals surface area (Å²) in [5.74, 6) is 0.234. The van der Waals surface area contributed by atoms with E-state index >= 15 is 0 Å². The van der Waals surface area contributed by atoms with Crippen molar-refractivity contribution in [3.63, 3.8) is 0 Å². The quantitative estimate of drug-likeness (QED) is 0.673. The zero-order chi connectivity index (χ0) is 13.7. The van der Waals surface area contributed by atoms with E-state index in [-0.39, 0.29) is 17.8 Å². The van der Waals surface area contributed by atoms with Gasteiger partial charge in [0.1, 0.15) is 0 Å². The summed E-state index contributed by atoms with van der Waals surface area (Å²) in [4.78, 5) is 8.03. The van der Waals surface area contributed by atoms with Gasteiger partial charge >= 0.3 is 0 Å². The maximum atomic E-state index is 13.6. The molecule has 0 bridgehead atoms. The van der Waals surface area contributed by atoms with Gasteiger partial charge in [0.2, 0.25) is 5.95 Å². The standard InChI is InChI=1S/C13H21FN4O/c1-2-6-15-12-16-8-10(14)11(18-12)17-9-13(3-4-13)5-7-19/h8,19H,2-7,9H2,1H3,(H2,15,16,17,18). The first-order valence-corrected chi connectivity index (χ1v) is 6.80. The Morgan fingerprint density at radius 3 is 2.84 bits per heavy atom. The molecule has 0 saturated heterocycles. The van der Waals surface area contributed by atoms with E-state index in [1.54, 1.807) is 0 Å². The predicted octanol–water partition coefficient (Wildman–Crippen LogP) is 2.01. The van der Waals surface area contributed by atoms with Crippen LogP contribution in [0.5, 0.6) is 0 Å². The minimum atomic E-state index is -0.443. The molecule has 1 aliphatic carbocycles. The lowest BCUT2D eigenvalue weighted by atomic mass is 10.0. The van der Waals surface area contributed by atoms with Crippen molar-refractivity contribution in [1.29, 1.82) is 0 Å². The second-order valence-corrected chi connectivity index (χ2v) is 5.14. The number of nitrogens with one attached hydrogen (secondary N) is 2. The van der Waals surface area contributed by atoms with Gasteiger partial charge in [-0.1, -0.05) is 6.92 Å². The summed E-state index contributed by atoms with van der Waals surface area (Å²) in [5, 5.41) is 15.1. The van der Waals surface area contributed by atoms with Gasteiger partial charge in [0.05, 0.1) is 6.20 Å². The van der Waals surface area contributed by atoms with Crippen molar-refractivity contribution >= 4 is 11.8 Å². The minimum absolute atomic E-state index is 0.128. The van der Waals surface area contributed by atoms with Crippen molar-refractivity contribution < 1.29 is 9.50 Å². The van der Waals surface area contributed by atoms with E-state index in [1.165, 1.54) is 6.20 Å². The monoisotopic (exact) mass is 268 g/mol. The molecule has 3 N–H and O–H groups in total. The van der Waals surface area contributed by atoms with Crippen LogP contribution in [0.25, 0.3) is 0 Å². The average molecular weight is 268 g/mol. The topological polar surface area (TPSA) is 70.1 Å². The van der Waals surface area contributed by atoms with Crippen LogP contribution in [0.4, 0.5) is 16.2 Å². The molecule has 1 aromatic rings. The lowest BCUT2D eigenvalue weighted by Crippen LogP contribution is -2.18. The van der Waals surface area contributed by atoms with Crippen molar-refractivity contribution in [3.05, 3.63) is 12.0 Å². The first-order valence-electron chi connectivity index (χ1n) is 6.80. The van der Waals surface area contributed by atoms with Crippen LogP contribution in [0.1, 0.15) is 32.6 Å². The van der Waals surface area contributed by atoms with Gasteiger partial charge in [-0.25, -0.2) is 9.37 Å². The Bertz CT molecular complexity index is 423. The summed E-state index contributed by atoms with van der Waals surface area (Å²) in [6.07, 6.45) is 5.05. The summed E-state index contributed by atoms with van der Waals surface area (Å²) >= 11 is 0. The molecular weight excluding hydrogens is 247 g/mol. The molecule has 1 aromatic heterocycles. The van der Waals surface area contributed by atoms with Crippen LogP contribution in [0.15, 0.2) is 6.20 Å². The number of aromatic nitrogens is 2. The van der Waals surface area contributed by atoms with Crippen molar-refractivity contribution in [3.8, 4) is 0 Å². The van der Waals surface area contributed by atoms with Crippen molar-refractivity contribution in [2.45, 2.75) is 32.6 Å². The van der Waals surface area contributed by atoms with Gasteiger partial charge in [0.15, 0.2) is 11.6 Å².